The summed E-state index contributed by atoms with van der Waals surface area (Å²) in [5.74, 6) is -0.0142. The number of aromatic nitrogens is 3. The molecule has 0 saturated heterocycles. The number of ether oxygens (including phenoxy) is 1. The number of likely N-dealkylation sites (N-methyl/N-ethyl adjacent to an activating group) is 1. The summed E-state index contributed by atoms with van der Waals surface area (Å²) in [6.07, 6.45) is 0.275. The second-order valence-electron chi connectivity index (χ2n) is 7.14. The van der Waals surface area contributed by atoms with Gasteiger partial charge in [0.1, 0.15) is 0 Å². The van der Waals surface area contributed by atoms with Crippen molar-refractivity contribution >= 4 is 38.6 Å². The van der Waals surface area contributed by atoms with Crippen molar-refractivity contribution in [2.24, 2.45) is 0 Å². The van der Waals surface area contributed by atoms with Crippen LogP contribution in [0.25, 0.3) is 21.6 Å². The number of aryl methyl sites for hydroxylation is 2. The molecule has 0 bridgehead atoms. The van der Waals surface area contributed by atoms with E-state index in [1.54, 1.807) is 0 Å². The molecule has 9 heteroatoms. The highest BCUT2D eigenvalue weighted by Crippen LogP contribution is 2.28. The maximum atomic E-state index is 12.6. The minimum absolute atomic E-state index is 0.0378. The summed E-state index contributed by atoms with van der Waals surface area (Å²) in [5.41, 5.74) is 2.81. The molecule has 164 valence electrons. The lowest BCUT2D eigenvalue weighted by Crippen LogP contribution is -2.34. The van der Waals surface area contributed by atoms with E-state index in [1.807, 2.05) is 62.4 Å². The average Bonchev–Trinajstić information content (AvgIpc) is 3.44. The number of nitrogens with zero attached hydrogens (tertiary/aromatic N) is 4. The van der Waals surface area contributed by atoms with Crippen LogP contribution in [-0.4, -0.2) is 40.2 Å². The molecule has 1 amide bonds. The summed E-state index contributed by atoms with van der Waals surface area (Å²) in [5, 5.41) is 4.54. The van der Waals surface area contributed by atoms with E-state index in [9.17, 15) is 9.59 Å². The van der Waals surface area contributed by atoms with Gasteiger partial charge in [0.25, 0.3) is 5.91 Å². The number of carbonyl (C=O) groups is 2. The van der Waals surface area contributed by atoms with Crippen LogP contribution < -0.4 is 4.90 Å². The van der Waals surface area contributed by atoms with Gasteiger partial charge in [-0.05, 0) is 26.0 Å². The minimum Gasteiger partial charge on any atom is -0.456 e. The number of amides is 1. The number of thiazole rings is 1. The molecule has 2 aromatic heterocycles. The number of esters is 1. The average molecular weight is 451 g/mol. The first-order valence-corrected chi connectivity index (χ1v) is 11.1. The van der Waals surface area contributed by atoms with Gasteiger partial charge in [-0.2, -0.15) is 4.98 Å². The lowest BCUT2D eigenvalue weighted by Gasteiger charge is -2.17. The molecule has 0 aliphatic rings. The predicted molar refractivity (Wildman–Crippen MR) is 121 cm³/mol. The first kappa shape index (κ1) is 21.6. The zero-order chi connectivity index (χ0) is 22.5. The third-order valence-electron chi connectivity index (χ3n) is 4.81. The number of hydrogen-bond acceptors (Lipinski definition) is 8. The molecule has 2 heterocycles. The Hall–Kier alpha value is -3.59. The van der Waals surface area contributed by atoms with E-state index < -0.39 is 5.97 Å². The van der Waals surface area contributed by atoms with Gasteiger partial charge in [-0.15, -0.1) is 0 Å². The highest BCUT2D eigenvalue weighted by atomic mass is 32.1. The summed E-state index contributed by atoms with van der Waals surface area (Å²) in [6.45, 7) is 3.94. The number of benzene rings is 2. The molecule has 4 rings (SSSR count). The Morgan fingerprint density at radius 1 is 1.09 bits per heavy atom. The van der Waals surface area contributed by atoms with Crippen molar-refractivity contribution in [2.75, 3.05) is 18.1 Å². The van der Waals surface area contributed by atoms with Crippen molar-refractivity contribution in [3.8, 4) is 11.4 Å². The Balaban J connectivity index is 1.28. The molecule has 2 aromatic carbocycles. The normalized spacial score (nSPS) is 10.9. The molecule has 0 spiro atoms. The zero-order valence-corrected chi connectivity index (χ0v) is 18.6. The molecule has 8 nitrogen and oxygen atoms in total. The van der Waals surface area contributed by atoms with E-state index >= 15 is 0 Å². The Labute approximate surface area is 188 Å². The van der Waals surface area contributed by atoms with Crippen LogP contribution in [0.2, 0.25) is 0 Å². The van der Waals surface area contributed by atoms with Crippen LogP contribution in [0.15, 0.2) is 53.1 Å². The van der Waals surface area contributed by atoms with Crippen molar-refractivity contribution in [1.29, 1.82) is 0 Å². The van der Waals surface area contributed by atoms with Crippen LogP contribution in [0, 0.1) is 6.92 Å². The van der Waals surface area contributed by atoms with Gasteiger partial charge in [0, 0.05) is 18.5 Å². The molecule has 0 N–H and O–H groups in total. The predicted octanol–water partition coefficient (Wildman–Crippen LogP) is 4.18. The first-order chi connectivity index (χ1) is 15.5. The van der Waals surface area contributed by atoms with Crippen LogP contribution >= 0.6 is 11.3 Å². The summed E-state index contributed by atoms with van der Waals surface area (Å²) in [6, 6.07) is 15.4. The molecule has 0 aliphatic heterocycles. The van der Waals surface area contributed by atoms with Gasteiger partial charge in [0.05, 0.1) is 16.6 Å². The van der Waals surface area contributed by atoms with Crippen molar-refractivity contribution in [2.45, 2.75) is 26.7 Å². The number of fused-ring (bicyclic) bond motifs is 1. The largest absolute Gasteiger partial charge is 0.456 e. The maximum absolute atomic E-state index is 12.6. The maximum Gasteiger partial charge on any atom is 0.306 e. The quantitative estimate of drug-likeness (QED) is 0.371. The minimum atomic E-state index is -0.506. The molecule has 32 heavy (non-hydrogen) atoms. The van der Waals surface area contributed by atoms with Gasteiger partial charge in [-0.1, -0.05) is 58.5 Å². The van der Waals surface area contributed by atoms with E-state index in [-0.39, 0.29) is 25.4 Å². The second-order valence-corrected chi connectivity index (χ2v) is 8.15. The lowest BCUT2D eigenvalue weighted by atomic mass is 10.1. The molecule has 0 saturated carbocycles. The number of hydrogen-bond donors (Lipinski definition) is 0. The van der Waals surface area contributed by atoms with E-state index in [1.165, 1.54) is 16.2 Å². The summed E-state index contributed by atoms with van der Waals surface area (Å²) >= 11 is 1.43. The Kier molecular flexibility index (Phi) is 6.55. The number of para-hydroxylation sites is 1. The summed E-state index contributed by atoms with van der Waals surface area (Å²) in [4.78, 5) is 35.0. The first-order valence-electron chi connectivity index (χ1n) is 10.2. The van der Waals surface area contributed by atoms with E-state index in [0.717, 1.165) is 21.3 Å². The molecular weight excluding hydrogens is 428 g/mol. The van der Waals surface area contributed by atoms with Gasteiger partial charge in [0.2, 0.25) is 11.7 Å². The van der Waals surface area contributed by atoms with Gasteiger partial charge in [-0.25, -0.2) is 4.98 Å². The zero-order valence-electron chi connectivity index (χ0n) is 17.8. The fraction of sp³-hybridized carbons (Fsp3) is 0.261. The third-order valence-corrected chi connectivity index (χ3v) is 5.87. The van der Waals surface area contributed by atoms with Gasteiger partial charge >= 0.3 is 5.97 Å². The third kappa shape index (κ3) is 5.00. The summed E-state index contributed by atoms with van der Waals surface area (Å²) < 4.78 is 11.4. The van der Waals surface area contributed by atoms with Crippen LogP contribution in [0.5, 0.6) is 0 Å². The second kappa shape index (κ2) is 9.69. The Morgan fingerprint density at radius 2 is 1.88 bits per heavy atom. The highest BCUT2D eigenvalue weighted by molar-refractivity contribution is 7.22. The Morgan fingerprint density at radius 3 is 2.62 bits per heavy atom. The molecule has 4 aromatic rings. The van der Waals surface area contributed by atoms with E-state index in [0.29, 0.717) is 23.4 Å². The van der Waals surface area contributed by atoms with Crippen LogP contribution in [0.4, 0.5) is 5.13 Å². The molecule has 0 radical (unpaired) electrons. The molecular formula is C23H22N4O4S. The topological polar surface area (TPSA) is 98.4 Å². The Bertz CT molecular complexity index is 1200. The fourth-order valence-electron chi connectivity index (χ4n) is 3.07. The van der Waals surface area contributed by atoms with Crippen LogP contribution in [-0.2, 0) is 20.7 Å². The van der Waals surface area contributed by atoms with Crippen molar-refractivity contribution in [3.05, 3.63) is 60.0 Å². The van der Waals surface area contributed by atoms with Crippen LogP contribution in [0.3, 0.4) is 0 Å². The molecule has 0 atom stereocenters. The highest BCUT2D eigenvalue weighted by Gasteiger charge is 2.20. The molecule has 0 fully saturated rings. The van der Waals surface area contributed by atoms with Crippen molar-refractivity contribution in [3.63, 3.8) is 0 Å². The van der Waals surface area contributed by atoms with Crippen molar-refractivity contribution in [1.82, 2.24) is 15.1 Å². The lowest BCUT2D eigenvalue weighted by molar-refractivity contribution is -0.147. The fourth-order valence-corrected chi connectivity index (χ4v) is 4.12. The SMILES string of the molecule is CCN(C(=O)COC(=O)CCc1nc(-c2ccc(C)cc2)no1)c1nc2ccccc2s1. The number of rotatable bonds is 8. The van der Waals surface area contributed by atoms with E-state index in [4.69, 9.17) is 9.26 Å². The molecule has 0 unspecified atom stereocenters. The summed E-state index contributed by atoms with van der Waals surface area (Å²) in [7, 11) is 0. The van der Waals surface area contributed by atoms with Crippen LogP contribution in [0.1, 0.15) is 24.8 Å². The number of carbonyl (C=O) groups excluding carboxylic acids is 2. The van der Waals surface area contributed by atoms with Gasteiger partial charge < -0.3 is 9.26 Å². The smallest absolute Gasteiger partial charge is 0.306 e. The number of anilines is 1. The van der Waals surface area contributed by atoms with Crippen molar-refractivity contribution < 1.29 is 18.8 Å². The molecule has 0 aliphatic carbocycles. The van der Waals surface area contributed by atoms with Gasteiger partial charge in [-0.3, -0.25) is 14.5 Å². The standard InChI is InChI=1S/C23H22N4O4S/c1-3-27(23-24-17-6-4-5-7-18(17)32-23)20(28)14-30-21(29)13-12-19-25-22(26-31-19)16-10-8-15(2)9-11-16/h4-11H,3,12-14H2,1-2H3. The van der Waals surface area contributed by atoms with E-state index in [2.05, 4.69) is 15.1 Å². The van der Waals surface area contributed by atoms with Gasteiger partial charge in [0.15, 0.2) is 11.7 Å². The monoisotopic (exact) mass is 450 g/mol.